The Morgan fingerprint density at radius 3 is 2.79 bits per heavy atom. The van der Waals surface area contributed by atoms with E-state index in [-0.39, 0.29) is 6.04 Å². The van der Waals surface area contributed by atoms with Crippen LogP contribution in [0.25, 0.3) is 0 Å². The van der Waals surface area contributed by atoms with Crippen molar-refractivity contribution in [1.29, 1.82) is 0 Å². The summed E-state index contributed by atoms with van der Waals surface area (Å²) in [5.74, 6) is -0.976. The Morgan fingerprint density at radius 2 is 2.00 bits per heavy atom. The van der Waals surface area contributed by atoms with Crippen molar-refractivity contribution >= 4 is 0 Å². The lowest BCUT2D eigenvalue weighted by Gasteiger charge is -2.12. The van der Waals surface area contributed by atoms with Gasteiger partial charge in [0.25, 0.3) is 0 Å². The van der Waals surface area contributed by atoms with Gasteiger partial charge in [0, 0.05) is 12.1 Å². The Labute approximate surface area is 81.9 Å². The molecule has 0 saturated carbocycles. The first-order valence-corrected chi connectivity index (χ1v) is 4.92. The molecule has 0 heterocycles. The van der Waals surface area contributed by atoms with Gasteiger partial charge in [-0.05, 0) is 36.5 Å². The number of rotatable bonds is 0. The highest BCUT2D eigenvalue weighted by atomic mass is 19.1. The predicted molar refractivity (Wildman–Crippen MR) is 50.8 cm³/mol. The number of hydrogen-bond acceptors (Lipinski definition) is 1. The standard InChI is InChI=1S/C11H13F2N/c12-7-5-9-8(10(13)6-7)3-1-2-4-11(9)14/h5-6,11H,1-4,14H2/t11-/m0/s1. The summed E-state index contributed by atoms with van der Waals surface area (Å²) < 4.78 is 26.4. The summed E-state index contributed by atoms with van der Waals surface area (Å²) in [6, 6.07) is 2.10. The molecule has 1 aliphatic rings. The third-order valence-corrected chi connectivity index (χ3v) is 2.79. The van der Waals surface area contributed by atoms with Crippen LogP contribution in [0.5, 0.6) is 0 Å². The second-order valence-corrected chi connectivity index (χ2v) is 3.81. The highest BCUT2D eigenvalue weighted by molar-refractivity contribution is 5.33. The maximum Gasteiger partial charge on any atom is 0.129 e. The Morgan fingerprint density at radius 1 is 1.21 bits per heavy atom. The molecule has 0 fully saturated rings. The SMILES string of the molecule is N[C@H]1CCCCc2c(F)cc(F)cc21. The number of hydrogen-bond donors (Lipinski definition) is 1. The second kappa shape index (κ2) is 3.65. The van der Waals surface area contributed by atoms with E-state index in [9.17, 15) is 8.78 Å². The molecule has 1 atom stereocenters. The molecule has 1 aliphatic carbocycles. The van der Waals surface area contributed by atoms with Gasteiger partial charge in [-0.15, -0.1) is 0 Å². The van der Waals surface area contributed by atoms with Crippen LogP contribution >= 0.6 is 0 Å². The molecule has 1 nitrogen and oxygen atoms in total. The van der Waals surface area contributed by atoms with Crippen molar-refractivity contribution in [3.63, 3.8) is 0 Å². The van der Waals surface area contributed by atoms with Crippen molar-refractivity contribution in [1.82, 2.24) is 0 Å². The lowest BCUT2D eigenvalue weighted by molar-refractivity contribution is 0.563. The van der Waals surface area contributed by atoms with Gasteiger partial charge in [0.1, 0.15) is 11.6 Å². The van der Waals surface area contributed by atoms with Crippen LogP contribution in [0.4, 0.5) is 8.78 Å². The van der Waals surface area contributed by atoms with Crippen molar-refractivity contribution in [2.24, 2.45) is 5.73 Å². The summed E-state index contributed by atoms with van der Waals surface area (Å²) in [5, 5.41) is 0. The number of halogens is 2. The van der Waals surface area contributed by atoms with Crippen molar-refractivity contribution in [3.05, 3.63) is 34.9 Å². The van der Waals surface area contributed by atoms with E-state index in [1.54, 1.807) is 0 Å². The van der Waals surface area contributed by atoms with Gasteiger partial charge in [0.05, 0.1) is 0 Å². The summed E-state index contributed by atoms with van der Waals surface area (Å²) in [7, 11) is 0. The number of nitrogens with two attached hydrogens (primary N) is 1. The van der Waals surface area contributed by atoms with Crippen LogP contribution in [-0.4, -0.2) is 0 Å². The quantitative estimate of drug-likeness (QED) is 0.636. The average Bonchev–Trinajstić information content (AvgIpc) is 2.29. The van der Waals surface area contributed by atoms with Gasteiger partial charge < -0.3 is 5.73 Å². The third-order valence-electron chi connectivity index (χ3n) is 2.79. The Kier molecular flexibility index (Phi) is 2.50. The van der Waals surface area contributed by atoms with Gasteiger partial charge >= 0.3 is 0 Å². The average molecular weight is 197 g/mol. The molecule has 76 valence electrons. The third kappa shape index (κ3) is 1.64. The minimum atomic E-state index is -0.529. The molecule has 0 amide bonds. The van der Waals surface area contributed by atoms with Crippen molar-refractivity contribution in [3.8, 4) is 0 Å². The molecule has 0 radical (unpaired) electrons. The Balaban J connectivity index is 2.53. The van der Waals surface area contributed by atoms with Crippen LogP contribution < -0.4 is 5.73 Å². The highest BCUT2D eigenvalue weighted by Crippen LogP contribution is 2.29. The minimum Gasteiger partial charge on any atom is -0.324 e. The van der Waals surface area contributed by atoms with E-state index in [4.69, 9.17) is 5.73 Å². The monoisotopic (exact) mass is 197 g/mol. The molecule has 0 aliphatic heterocycles. The fourth-order valence-electron chi connectivity index (χ4n) is 2.04. The largest absolute Gasteiger partial charge is 0.324 e. The molecule has 1 aromatic carbocycles. The lowest BCUT2D eigenvalue weighted by Crippen LogP contribution is -2.11. The Bertz CT molecular complexity index is 349. The van der Waals surface area contributed by atoms with Crippen LogP contribution in [0.15, 0.2) is 12.1 Å². The van der Waals surface area contributed by atoms with Crippen LogP contribution in [0.3, 0.4) is 0 Å². The van der Waals surface area contributed by atoms with Gasteiger partial charge in [-0.2, -0.15) is 0 Å². The first kappa shape index (κ1) is 9.59. The van der Waals surface area contributed by atoms with Gasteiger partial charge in [-0.3, -0.25) is 0 Å². The lowest BCUT2D eigenvalue weighted by atomic mass is 9.99. The molecule has 0 bridgehead atoms. The van der Waals surface area contributed by atoms with Gasteiger partial charge in [-0.25, -0.2) is 8.78 Å². The van der Waals surface area contributed by atoms with E-state index >= 15 is 0 Å². The van der Waals surface area contributed by atoms with Gasteiger partial charge in [0.15, 0.2) is 0 Å². The molecule has 0 spiro atoms. The normalized spacial score (nSPS) is 21.5. The highest BCUT2D eigenvalue weighted by Gasteiger charge is 2.19. The van der Waals surface area contributed by atoms with E-state index in [2.05, 4.69) is 0 Å². The summed E-state index contributed by atoms with van der Waals surface area (Å²) in [6.07, 6.45) is 3.41. The zero-order chi connectivity index (χ0) is 10.1. The van der Waals surface area contributed by atoms with Crippen molar-refractivity contribution < 1.29 is 8.78 Å². The molecule has 2 N–H and O–H groups in total. The fourth-order valence-corrected chi connectivity index (χ4v) is 2.04. The molecule has 2 rings (SSSR count). The second-order valence-electron chi connectivity index (χ2n) is 3.81. The molecule has 1 aromatic rings. The first-order valence-electron chi connectivity index (χ1n) is 4.92. The maximum atomic E-state index is 13.4. The van der Waals surface area contributed by atoms with Crippen LogP contribution in [0.1, 0.15) is 36.4 Å². The number of benzene rings is 1. The van der Waals surface area contributed by atoms with E-state index in [0.717, 1.165) is 25.3 Å². The zero-order valence-electron chi connectivity index (χ0n) is 7.89. The summed E-state index contributed by atoms with van der Waals surface area (Å²) in [6.45, 7) is 0. The van der Waals surface area contributed by atoms with Crippen LogP contribution in [0.2, 0.25) is 0 Å². The van der Waals surface area contributed by atoms with Crippen molar-refractivity contribution in [2.45, 2.75) is 31.7 Å². The minimum absolute atomic E-state index is 0.210. The summed E-state index contributed by atoms with van der Waals surface area (Å²) in [5.41, 5.74) is 7.11. The van der Waals surface area contributed by atoms with E-state index in [1.165, 1.54) is 6.07 Å². The first-order chi connectivity index (χ1) is 6.68. The predicted octanol–water partition coefficient (Wildman–Crippen LogP) is 2.69. The molecule has 0 aromatic heterocycles. The van der Waals surface area contributed by atoms with Gasteiger partial charge in [-0.1, -0.05) is 6.42 Å². The molecule has 14 heavy (non-hydrogen) atoms. The Hall–Kier alpha value is -0.960. The van der Waals surface area contributed by atoms with Crippen LogP contribution in [0, 0.1) is 11.6 Å². The zero-order valence-corrected chi connectivity index (χ0v) is 7.89. The maximum absolute atomic E-state index is 13.4. The van der Waals surface area contributed by atoms with Crippen molar-refractivity contribution in [2.75, 3.05) is 0 Å². The molecule has 3 heteroatoms. The molecule has 0 saturated heterocycles. The number of fused-ring (bicyclic) bond motifs is 1. The van der Waals surface area contributed by atoms with Crippen LogP contribution in [-0.2, 0) is 6.42 Å². The topological polar surface area (TPSA) is 26.0 Å². The molecular formula is C11H13F2N. The molecular weight excluding hydrogens is 184 g/mol. The fraction of sp³-hybridized carbons (Fsp3) is 0.455. The van der Waals surface area contributed by atoms with E-state index < -0.39 is 11.6 Å². The molecule has 0 unspecified atom stereocenters. The van der Waals surface area contributed by atoms with E-state index in [1.807, 2.05) is 0 Å². The smallest absolute Gasteiger partial charge is 0.129 e. The summed E-state index contributed by atoms with van der Waals surface area (Å²) in [4.78, 5) is 0. The van der Waals surface area contributed by atoms with E-state index in [0.29, 0.717) is 17.5 Å². The van der Waals surface area contributed by atoms with Gasteiger partial charge in [0.2, 0.25) is 0 Å². The summed E-state index contributed by atoms with van der Waals surface area (Å²) >= 11 is 0.